The fraction of sp³-hybridized carbons (Fsp3) is 0.200. The van der Waals surface area contributed by atoms with Gasteiger partial charge in [0, 0.05) is 11.1 Å². The van der Waals surface area contributed by atoms with Crippen LogP contribution >= 0.6 is 11.6 Å². The van der Waals surface area contributed by atoms with Crippen LogP contribution in [0.2, 0.25) is 5.02 Å². The van der Waals surface area contributed by atoms with Gasteiger partial charge >= 0.3 is 0 Å². The first-order valence-electron chi connectivity index (χ1n) is 6.41. The van der Waals surface area contributed by atoms with Crippen LogP contribution < -0.4 is 4.72 Å². The van der Waals surface area contributed by atoms with E-state index < -0.39 is 22.2 Å². The standard InChI is InChI=1S/C15H16ClNO3S/c1-11(15(18)12-7-9-13(16)10-8-12)17-21(19,20)14-5-3-2-4-6-14/h2-11,15,17-18H,1H3/t11-,15-/m0/s1. The molecule has 2 N–H and O–H groups in total. The molecule has 6 heteroatoms. The molecule has 0 radical (unpaired) electrons. The van der Waals surface area contributed by atoms with Gasteiger partial charge in [0.1, 0.15) is 0 Å². The van der Waals surface area contributed by atoms with Crippen molar-refractivity contribution in [1.29, 1.82) is 0 Å². The van der Waals surface area contributed by atoms with E-state index in [-0.39, 0.29) is 4.90 Å². The number of halogens is 1. The van der Waals surface area contributed by atoms with Gasteiger partial charge < -0.3 is 5.11 Å². The lowest BCUT2D eigenvalue weighted by atomic mass is 10.0. The van der Waals surface area contributed by atoms with Gasteiger partial charge in [0.25, 0.3) is 0 Å². The van der Waals surface area contributed by atoms with Gasteiger partial charge in [-0.2, -0.15) is 0 Å². The van der Waals surface area contributed by atoms with E-state index in [0.29, 0.717) is 10.6 Å². The topological polar surface area (TPSA) is 66.4 Å². The molecule has 2 rings (SSSR count). The number of rotatable bonds is 5. The summed E-state index contributed by atoms with van der Waals surface area (Å²) in [4.78, 5) is 0.167. The van der Waals surface area contributed by atoms with Crippen LogP contribution in [0.5, 0.6) is 0 Å². The van der Waals surface area contributed by atoms with Crippen molar-refractivity contribution < 1.29 is 13.5 Å². The zero-order valence-electron chi connectivity index (χ0n) is 11.4. The zero-order valence-corrected chi connectivity index (χ0v) is 13.0. The van der Waals surface area contributed by atoms with Gasteiger partial charge in [-0.25, -0.2) is 13.1 Å². The van der Waals surface area contributed by atoms with E-state index in [1.54, 1.807) is 49.4 Å². The molecule has 0 fully saturated rings. The van der Waals surface area contributed by atoms with Gasteiger partial charge in [0.2, 0.25) is 10.0 Å². The summed E-state index contributed by atoms with van der Waals surface area (Å²) in [6, 6.07) is 14.0. The number of nitrogens with one attached hydrogen (secondary N) is 1. The second-order valence-corrected chi connectivity index (χ2v) is 6.87. The molecule has 0 aliphatic heterocycles. The summed E-state index contributed by atoms with van der Waals surface area (Å²) in [5.41, 5.74) is 0.600. The highest BCUT2D eigenvalue weighted by Gasteiger charge is 2.23. The Morgan fingerprint density at radius 2 is 1.62 bits per heavy atom. The summed E-state index contributed by atoms with van der Waals surface area (Å²) >= 11 is 5.79. The fourth-order valence-electron chi connectivity index (χ4n) is 1.93. The Kier molecular flexibility index (Phi) is 5.00. The third-order valence-corrected chi connectivity index (χ3v) is 4.91. The van der Waals surface area contributed by atoms with Crippen LogP contribution in [0.1, 0.15) is 18.6 Å². The molecule has 2 aromatic rings. The van der Waals surface area contributed by atoms with E-state index in [4.69, 9.17) is 11.6 Å². The predicted octanol–water partition coefficient (Wildman–Crippen LogP) is 2.74. The molecule has 0 aliphatic carbocycles. The molecule has 0 saturated heterocycles. The van der Waals surface area contributed by atoms with Crippen molar-refractivity contribution in [2.75, 3.05) is 0 Å². The molecule has 0 aliphatic rings. The maximum atomic E-state index is 12.2. The van der Waals surface area contributed by atoms with Crippen LogP contribution in [-0.2, 0) is 10.0 Å². The first-order valence-corrected chi connectivity index (χ1v) is 8.27. The van der Waals surface area contributed by atoms with Crippen molar-refractivity contribution in [1.82, 2.24) is 4.72 Å². The van der Waals surface area contributed by atoms with Crippen LogP contribution in [0.4, 0.5) is 0 Å². The second-order valence-electron chi connectivity index (χ2n) is 4.72. The second kappa shape index (κ2) is 6.58. The fourth-order valence-corrected chi connectivity index (χ4v) is 3.32. The summed E-state index contributed by atoms with van der Waals surface area (Å²) in [6.07, 6.45) is -0.958. The lowest BCUT2D eigenvalue weighted by molar-refractivity contribution is 0.146. The molecule has 112 valence electrons. The lowest BCUT2D eigenvalue weighted by Crippen LogP contribution is -2.37. The molecule has 0 spiro atoms. The van der Waals surface area contributed by atoms with Crippen LogP contribution in [0.25, 0.3) is 0 Å². The highest BCUT2D eigenvalue weighted by Crippen LogP contribution is 2.20. The first kappa shape index (κ1) is 16.0. The lowest BCUT2D eigenvalue weighted by Gasteiger charge is -2.20. The van der Waals surface area contributed by atoms with Gasteiger partial charge in [0.15, 0.2) is 0 Å². The predicted molar refractivity (Wildman–Crippen MR) is 82.6 cm³/mol. The molecule has 21 heavy (non-hydrogen) atoms. The molecule has 0 unspecified atom stereocenters. The third kappa shape index (κ3) is 4.04. The van der Waals surface area contributed by atoms with Gasteiger partial charge in [-0.1, -0.05) is 41.9 Å². The normalized spacial score (nSPS) is 14.6. The number of benzene rings is 2. The average molecular weight is 326 g/mol. The summed E-state index contributed by atoms with van der Waals surface area (Å²) in [6.45, 7) is 1.61. The Morgan fingerprint density at radius 3 is 2.19 bits per heavy atom. The Labute approximate surface area is 129 Å². The van der Waals surface area contributed by atoms with Crippen LogP contribution in [0.3, 0.4) is 0 Å². The molecule has 2 aromatic carbocycles. The van der Waals surface area contributed by atoms with Crippen LogP contribution in [0.15, 0.2) is 59.5 Å². The molecule has 0 amide bonds. The Balaban J connectivity index is 2.14. The van der Waals surface area contributed by atoms with E-state index in [9.17, 15) is 13.5 Å². The van der Waals surface area contributed by atoms with E-state index in [1.165, 1.54) is 12.1 Å². The average Bonchev–Trinajstić information content (AvgIpc) is 2.48. The Morgan fingerprint density at radius 1 is 1.05 bits per heavy atom. The molecule has 0 heterocycles. The van der Waals surface area contributed by atoms with Crippen molar-refractivity contribution in [3.8, 4) is 0 Å². The third-order valence-electron chi connectivity index (χ3n) is 3.08. The highest BCUT2D eigenvalue weighted by atomic mass is 35.5. The molecular formula is C15H16ClNO3S. The minimum Gasteiger partial charge on any atom is -0.387 e. The van der Waals surface area contributed by atoms with Crippen molar-refractivity contribution in [2.45, 2.75) is 24.0 Å². The molecule has 0 aromatic heterocycles. The number of hydrogen-bond acceptors (Lipinski definition) is 3. The monoisotopic (exact) mass is 325 g/mol. The summed E-state index contributed by atoms with van der Waals surface area (Å²) < 4.78 is 26.9. The van der Waals surface area contributed by atoms with E-state index in [2.05, 4.69) is 4.72 Å². The summed E-state index contributed by atoms with van der Waals surface area (Å²) in [7, 11) is -3.66. The zero-order chi connectivity index (χ0) is 15.5. The first-order chi connectivity index (χ1) is 9.90. The molecular weight excluding hydrogens is 310 g/mol. The van der Waals surface area contributed by atoms with Gasteiger partial charge in [-0.3, -0.25) is 0 Å². The minimum atomic E-state index is -3.66. The Bertz CT molecular complexity index is 687. The maximum Gasteiger partial charge on any atom is 0.240 e. The number of aliphatic hydroxyl groups excluding tert-OH is 1. The van der Waals surface area contributed by atoms with Crippen molar-refractivity contribution in [3.63, 3.8) is 0 Å². The molecule has 2 atom stereocenters. The smallest absolute Gasteiger partial charge is 0.240 e. The molecule has 0 saturated carbocycles. The summed E-state index contributed by atoms with van der Waals surface area (Å²) in [5.74, 6) is 0. The largest absolute Gasteiger partial charge is 0.387 e. The molecule has 4 nitrogen and oxygen atoms in total. The quantitative estimate of drug-likeness (QED) is 0.888. The van der Waals surface area contributed by atoms with Crippen molar-refractivity contribution >= 4 is 21.6 Å². The van der Waals surface area contributed by atoms with Crippen LogP contribution in [0, 0.1) is 0 Å². The minimum absolute atomic E-state index is 0.167. The number of aliphatic hydroxyl groups is 1. The van der Waals surface area contributed by atoms with Gasteiger partial charge in [-0.05, 0) is 36.8 Å². The highest BCUT2D eigenvalue weighted by molar-refractivity contribution is 7.89. The molecule has 0 bridgehead atoms. The Hall–Kier alpha value is -1.40. The van der Waals surface area contributed by atoms with Gasteiger partial charge in [0.05, 0.1) is 11.0 Å². The van der Waals surface area contributed by atoms with E-state index in [0.717, 1.165) is 0 Å². The SMILES string of the molecule is C[C@H](NS(=O)(=O)c1ccccc1)[C@H](O)c1ccc(Cl)cc1. The van der Waals surface area contributed by atoms with Crippen molar-refractivity contribution in [2.24, 2.45) is 0 Å². The van der Waals surface area contributed by atoms with Crippen LogP contribution in [-0.4, -0.2) is 19.6 Å². The van der Waals surface area contributed by atoms with Gasteiger partial charge in [-0.15, -0.1) is 0 Å². The summed E-state index contributed by atoms with van der Waals surface area (Å²) in [5, 5.41) is 10.8. The van der Waals surface area contributed by atoms with E-state index in [1.807, 2.05) is 0 Å². The van der Waals surface area contributed by atoms with Crippen molar-refractivity contribution in [3.05, 3.63) is 65.2 Å². The maximum absolute atomic E-state index is 12.2. The van der Waals surface area contributed by atoms with E-state index >= 15 is 0 Å². The number of hydrogen-bond donors (Lipinski definition) is 2. The number of sulfonamides is 1.